The molecule has 1 amide bonds. The average molecular weight is 326 g/mol. The summed E-state index contributed by atoms with van der Waals surface area (Å²) in [5.74, 6) is -0.208. The van der Waals surface area contributed by atoms with Gasteiger partial charge in [0.1, 0.15) is 11.6 Å². The number of amides is 1. The van der Waals surface area contributed by atoms with Gasteiger partial charge in [0.2, 0.25) is 0 Å². The molecule has 0 radical (unpaired) electrons. The molecule has 1 fully saturated rings. The molecule has 0 heterocycles. The Morgan fingerprint density at radius 1 is 1.25 bits per heavy atom. The number of anilines is 2. The zero-order chi connectivity index (χ0) is 17.5. The minimum Gasteiger partial charge on any atom is -0.378 e. The first kappa shape index (κ1) is 17.9. The highest BCUT2D eigenvalue weighted by atomic mass is 16.2. The van der Waals surface area contributed by atoms with E-state index in [0.717, 1.165) is 37.1 Å². The Kier molecular flexibility index (Phi) is 6.25. The number of rotatable bonds is 5. The van der Waals surface area contributed by atoms with Crippen LogP contribution in [0.15, 0.2) is 36.0 Å². The summed E-state index contributed by atoms with van der Waals surface area (Å²) in [6, 6.07) is 10.1. The van der Waals surface area contributed by atoms with Crippen LogP contribution in [0.4, 0.5) is 11.4 Å². The van der Waals surface area contributed by atoms with E-state index >= 15 is 0 Å². The summed E-state index contributed by atoms with van der Waals surface area (Å²) in [4.78, 5) is 16.3. The van der Waals surface area contributed by atoms with Gasteiger partial charge < -0.3 is 15.1 Å². The van der Waals surface area contributed by atoms with Crippen molar-refractivity contribution < 1.29 is 4.79 Å². The lowest BCUT2D eigenvalue weighted by Gasteiger charge is -2.31. The van der Waals surface area contributed by atoms with Crippen LogP contribution in [0, 0.1) is 11.3 Å². The lowest BCUT2D eigenvalue weighted by Crippen LogP contribution is -2.39. The number of hydrogen-bond donors (Lipinski definition) is 1. The molecule has 5 nitrogen and oxygen atoms in total. The standard InChI is InChI=1S/C19H26N4O/c1-22(2)18-11-7-8-16(12-18)21-14-15(13-20)19(24)23(3)17-9-5-4-6-10-17/h7-8,11-12,14,17,21H,4-6,9-10H2,1-3H3/b15-14-. The Hall–Kier alpha value is -2.48. The van der Waals surface area contributed by atoms with Crippen LogP contribution in [0.1, 0.15) is 32.1 Å². The molecule has 128 valence electrons. The molecule has 5 heteroatoms. The Morgan fingerprint density at radius 2 is 1.96 bits per heavy atom. The number of nitriles is 1. The van der Waals surface area contributed by atoms with Gasteiger partial charge in [-0.2, -0.15) is 5.26 Å². The SMILES string of the molecule is CN(C)c1cccc(N/C=C(/C#N)C(=O)N(C)C2CCCCC2)c1. The minimum absolute atomic E-state index is 0.137. The highest BCUT2D eigenvalue weighted by Crippen LogP contribution is 2.23. The second kappa shape index (κ2) is 8.39. The van der Waals surface area contributed by atoms with Crippen LogP contribution in [0.3, 0.4) is 0 Å². The Bertz CT molecular complexity index is 639. The van der Waals surface area contributed by atoms with E-state index in [1.807, 2.05) is 49.3 Å². The Labute approximate surface area is 144 Å². The summed E-state index contributed by atoms with van der Waals surface area (Å²) in [6.45, 7) is 0. The van der Waals surface area contributed by atoms with Gasteiger partial charge in [0.25, 0.3) is 5.91 Å². The highest BCUT2D eigenvalue weighted by Gasteiger charge is 2.24. The van der Waals surface area contributed by atoms with Crippen LogP contribution in [0.5, 0.6) is 0 Å². The zero-order valence-corrected chi connectivity index (χ0v) is 14.7. The van der Waals surface area contributed by atoms with Crippen molar-refractivity contribution in [3.63, 3.8) is 0 Å². The van der Waals surface area contributed by atoms with Crippen molar-refractivity contribution in [2.75, 3.05) is 31.4 Å². The van der Waals surface area contributed by atoms with Crippen molar-refractivity contribution >= 4 is 17.3 Å². The Balaban J connectivity index is 2.07. The molecule has 0 saturated heterocycles. The molecule has 0 atom stereocenters. The molecule has 2 rings (SSSR count). The summed E-state index contributed by atoms with van der Waals surface area (Å²) in [5, 5.41) is 12.4. The summed E-state index contributed by atoms with van der Waals surface area (Å²) in [6.07, 6.45) is 7.12. The molecule has 1 saturated carbocycles. The largest absolute Gasteiger partial charge is 0.378 e. The van der Waals surface area contributed by atoms with Gasteiger partial charge in [-0.1, -0.05) is 25.3 Å². The number of carbonyl (C=O) groups is 1. The normalized spacial score (nSPS) is 15.5. The van der Waals surface area contributed by atoms with E-state index in [2.05, 4.69) is 5.32 Å². The van der Waals surface area contributed by atoms with Crippen LogP contribution in [-0.2, 0) is 4.79 Å². The molecule has 0 spiro atoms. The van der Waals surface area contributed by atoms with Gasteiger partial charge >= 0.3 is 0 Å². The number of benzene rings is 1. The third kappa shape index (κ3) is 4.51. The lowest BCUT2D eigenvalue weighted by molar-refractivity contribution is -0.128. The van der Waals surface area contributed by atoms with Crippen molar-refractivity contribution in [1.82, 2.24) is 4.90 Å². The third-order valence-electron chi connectivity index (χ3n) is 4.54. The molecule has 0 bridgehead atoms. The number of nitrogens with one attached hydrogen (secondary N) is 1. The second-order valence-electron chi connectivity index (χ2n) is 6.47. The molecule has 1 aliphatic rings. The maximum absolute atomic E-state index is 12.6. The summed E-state index contributed by atoms with van der Waals surface area (Å²) in [7, 11) is 5.74. The van der Waals surface area contributed by atoms with E-state index in [1.165, 1.54) is 12.6 Å². The van der Waals surface area contributed by atoms with Gasteiger partial charge in [0.15, 0.2) is 0 Å². The fourth-order valence-corrected chi connectivity index (χ4v) is 3.00. The first-order valence-electron chi connectivity index (χ1n) is 8.44. The number of nitrogens with zero attached hydrogens (tertiary/aromatic N) is 3. The van der Waals surface area contributed by atoms with Crippen LogP contribution < -0.4 is 10.2 Å². The number of carbonyl (C=O) groups excluding carboxylic acids is 1. The molecule has 1 aliphatic carbocycles. The molecule has 24 heavy (non-hydrogen) atoms. The van der Waals surface area contributed by atoms with Crippen LogP contribution in [0.2, 0.25) is 0 Å². The zero-order valence-electron chi connectivity index (χ0n) is 14.7. The molecular formula is C19H26N4O. The molecule has 0 aliphatic heterocycles. The predicted octanol–water partition coefficient (Wildman–Crippen LogP) is 3.36. The smallest absolute Gasteiger partial charge is 0.266 e. The quantitative estimate of drug-likeness (QED) is 0.666. The monoisotopic (exact) mass is 326 g/mol. The van der Waals surface area contributed by atoms with Crippen molar-refractivity contribution in [1.29, 1.82) is 5.26 Å². The van der Waals surface area contributed by atoms with Crippen molar-refractivity contribution in [3.8, 4) is 6.07 Å². The molecule has 1 N–H and O–H groups in total. The van der Waals surface area contributed by atoms with Crippen LogP contribution >= 0.6 is 0 Å². The maximum atomic E-state index is 12.6. The molecule has 1 aromatic rings. The van der Waals surface area contributed by atoms with Crippen LogP contribution in [-0.4, -0.2) is 38.0 Å². The van der Waals surface area contributed by atoms with E-state index in [1.54, 1.807) is 11.9 Å². The molecule has 0 unspecified atom stereocenters. The average Bonchev–Trinajstić information content (AvgIpc) is 2.62. The van der Waals surface area contributed by atoms with E-state index in [9.17, 15) is 10.1 Å². The van der Waals surface area contributed by atoms with E-state index in [4.69, 9.17) is 0 Å². The van der Waals surface area contributed by atoms with Gasteiger partial charge in [-0.05, 0) is 31.0 Å². The fraction of sp³-hybridized carbons (Fsp3) is 0.474. The molecular weight excluding hydrogens is 300 g/mol. The van der Waals surface area contributed by atoms with Crippen LogP contribution in [0.25, 0.3) is 0 Å². The van der Waals surface area contributed by atoms with Crippen molar-refractivity contribution in [2.24, 2.45) is 0 Å². The van der Waals surface area contributed by atoms with Gasteiger partial charge in [0.05, 0.1) is 0 Å². The van der Waals surface area contributed by atoms with Gasteiger partial charge in [-0.15, -0.1) is 0 Å². The van der Waals surface area contributed by atoms with Crippen molar-refractivity contribution in [2.45, 2.75) is 38.1 Å². The summed E-state index contributed by atoms with van der Waals surface area (Å²) >= 11 is 0. The molecule has 1 aromatic carbocycles. The second-order valence-corrected chi connectivity index (χ2v) is 6.47. The third-order valence-corrected chi connectivity index (χ3v) is 4.54. The number of hydrogen-bond acceptors (Lipinski definition) is 4. The maximum Gasteiger partial charge on any atom is 0.266 e. The predicted molar refractivity (Wildman–Crippen MR) is 97.7 cm³/mol. The first-order chi connectivity index (χ1) is 11.5. The minimum atomic E-state index is -0.208. The Morgan fingerprint density at radius 3 is 2.58 bits per heavy atom. The van der Waals surface area contributed by atoms with Gasteiger partial charge in [-0.3, -0.25) is 4.79 Å². The first-order valence-corrected chi connectivity index (χ1v) is 8.44. The number of likely N-dealkylation sites (N-methyl/N-ethyl adjacent to an activating group) is 1. The topological polar surface area (TPSA) is 59.4 Å². The van der Waals surface area contributed by atoms with Gasteiger partial charge in [0, 0.05) is 44.8 Å². The fourth-order valence-electron chi connectivity index (χ4n) is 3.00. The summed E-state index contributed by atoms with van der Waals surface area (Å²) < 4.78 is 0. The highest BCUT2D eigenvalue weighted by molar-refractivity contribution is 5.97. The summed E-state index contributed by atoms with van der Waals surface area (Å²) in [5.41, 5.74) is 2.04. The molecule has 0 aromatic heterocycles. The van der Waals surface area contributed by atoms with E-state index < -0.39 is 0 Å². The van der Waals surface area contributed by atoms with E-state index in [0.29, 0.717) is 0 Å². The van der Waals surface area contributed by atoms with Crippen molar-refractivity contribution in [3.05, 3.63) is 36.0 Å². The van der Waals surface area contributed by atoms with E-state index in [-0.39, 0.29) is 17.5 Å². The van der Waals surface area contributed by atoms with Gasteiger partial charge in [-0.25, -0.2) is 0 Å². The lowest BCUT2D eigenvalue weighted by atomic mass is 9.94.